The number of carbonyl (C=O) groups is 2. The average Bonchev–Trinajstić information content (AvgIpc) is 2.52. The Morgan fingerprint density at radius 3 is 2.84 bits per heavy atom. The van der Waals surface area contributed by atoms with Gasteiger partial charge in [-0.25, -0.2) is 9.78 Å². The number of aromatic nitrogens is 1. The number of halogens is 1. The topological polar surface area (TPSA) is 73.7 Å². The first-order valence-corrected chi connectivity index (χ1v) is 6.24. The molecule has 2 rings (SSSR count). The van der Waals surface area contributed by atoms with Gasteiger partial charge in [0.05, 0.1) is 17.1 Å². The van der Waals surface area contributed by atoms with Crippen LogP contribution in [0.25, 0.3) is 0 Å². The summed E-state index contributed by atoms with van der Waals surface area (Å²) in [5, 5.41) is 9.11. The molecule has 1 aliphatic heterocycles. The summed E-state index contributed by atoms with van der Waals surface area (Å²) in [4.78, 5) is 30.1. The van der Waals surface area contributed by atoms with Crippen molar-refractivity contribution >= 4 is 29.3 Å². The molecule has 102 valence electrons. The van der Waals surface area contributed by atoms with Crippen LogP contribution >= 0.6 is 11.6 Å². The smallest absolute Gasteiger partial charge is 0.337 e. The Labute approximate surface area is 115 Å². The van der Waals surface area contributed by atoms with Gasteiger partial charge in [-0.3, -0.25) is 4.79 Å². The third-order valence-electron chi connectivity index (χ3n) is 3.04. The maximum absolute atomic E-state index is 11.8. The van der Waals surface area contributed by atoms with Gasteiger partial charge in [-0.05, 0) is 12.5 Å². The van der Waals surface area contributed by atoms with Crippen LogP contribution in [-0.2, 0) is 4.79 Å². The van der Waals surface area contributed by atoms with Gasteiger partial charge in [-0.15, -0.1) is 0 Å². The first kappa shape index (κ1) is 13.6. The average molecular weight is 284 g/mol. The SMILES string of the molecule is CN1CCCN(c2ncc(C(=O)O)cc2Cl)CC1=O. The molecule has 1 N–H and O–H groups in total. The van der Waals surface area contributed by atoms with Crippen molar-refractivity contribution in [2.24, 2.45) is 0 Å². The largest absolute Gasteiger partial charge is 0.478 e. The predicted molar refractivity (Wildman–Crippen MR) is 70.7 cm³/mol. The van der Waals surface area contributed by atoms with Gasteiger partial charge >= 0.3 is 5.97 Å². The molecule has 6 nitrogen and oxygen atoms in total. The molecule has 0 radical (unpaired) electrons. The van der Waals surface area contributed by atoms with E-state index < -0.39 is 5.97 Å². The van der Waals surface area contributed by atoms with Gasteiger partial charge in [0.1, 0.15) is 5.82 Å². The van der Waals surface area contributed by atoms with E-state index in [0.29, 0.717) is 18.9 Å². The van der Waals surface area contributed by atoms with Crippen LogP contribution < -0.4 is 4.90 Å². The summed E-state index contributed by atoms with van der Waals surface area (Å²) in [6, 6.07) is 1.35. The molecular weight excluding hydrogens is 270 g/mol. The van der Waals surface area contributed by atoms with Crippen LogP contribution in [0.3, 0.4) is 0 Å². The number of pyridine rings is 1. The van der Waals surface area contributed by atoms with Gasteiger partial charge in [0.15, 0.2) is 0 Å². The second kappa shape index (κ2) is 5.44. The van der Waals surface area contributed by atoms with Gasteiger partial charge in [0.25, 0.3) is 0 Å². The first-order valence-electron chi connectivity index (χ1n) is 5.87. The number of hydrogen-bond donors (Lipinski definition) is 1. The Bertz CT molecular complexity index is 521. The molecule has 0 aromatic carbocycles. The number of anilines is 1. The Balaban J connectivity index is 2.26. The highest BCUT2D eigenvalue weighted by molar-refractivity contribution is 6.33. The first-order chi connectivity index (χ1) is 8.99. The highest BCUT2D eigenvalue weighted by atomic mass is 35.5. The van der Waals surface area contributed by atoms with E-state index in [1.165, 1.54) is 12.3 Å². The molecule has 1 aromatic heterocycles. The van der Waals surface area contributed by atoms with Crippen molar-refractivity contribution in [3.8, 4) is 0 Å². The van der Waals surface area contributed by atoms with E-state index in [1.807, 2.05) is 0 Å². The molecule has 2 heterocycles. The van der Waals surface area contributed by atoms with Crippen molar-refractivity contribution in [1.29, 1.82) is 0 Å². The van der Waals surface area contributed by atoms with Gasteiger partial charge in [0.2, 0.25) is 5.91 Å². The van der Waals surface area contributed by atoms with E-state index in [4.69, 9.17) is 16.7 Å². The van der Waals surface area contributed by atoms with Crippen LogP contribution in [0.2, 0.25) is 5.02 Å². The molecule has 1 fully saturated rings. The third kappa shape index (κ3) is 2.96. The molecule has 0 unspecified atom stereocenters. The van der Waals surface area contributed by atoms with E-state index in [-0.39, 0.29) is 23.0 Å². The lowest BCUT2D eigenvalue weighted by atomic mass is 10.2. The van der Waals surface area contributed by atoms with Gasteiger partial charge in [-0.1, -0.05) is 11.6 Å². The zero-order valence-corrected chi connectivity index (χ0v) is 11.2. The fraction of sp³-hybridized carbons (Fsp3) is 0.417. The number of carboxylic acids is 1. The summed E-state index contributed by atoms with van der Waals surface area (Å²) in [6.45, 7) is 1.56. The molecule has 0 aliphatic carbocycles. The van der Waals surface area contributed by atoms with Crippen molar-refractivity contribution in [2.75, 3.05) is 31.6 Å². The fourth-order valence-electron chi connectivity index (χ4n) is 1.95. The Kier molecular flexibility index (Phi) is 3.90. The highest BCUT2D eigenvalue weighted by Gasteiger charge is 2.22. The maximum atomic E-state index is 11.8. The molecule has 0 atom stereocenters. The van der Waals surface area contributed by atoms with Crippen molar-refractivity contribution in [3.05, 3.63) is 22.8 Å². The highest BCUT2D eigenvalue weighted by Crippen LogP contribution is 2.25. The standard InChI is InChI=1S/C12H14ClN3O3/c1-15-3-2-4-16(7-10(15)17)11-9(13)5-8(6-14-11)12(18)19/h5-6H,2-4,7H2,1H3,(H,18,19). The van der Waals surface area contributed by atoms with Crippen molar-refractivity contribution in [1.82, 2.24) is 9.88 Å². The van der Waals surface area contributed by atoms with E-state index >= 15 is 0 Å². The molecule has 0 saturated carbocycles. The molecule has 1 saturated heterocycles. The predicted octanol–water partition coefficient (Wildman–Crippen LogP) is 1.10. The monoisotopic (exact) mass is 283 g/mol. The summed E-state index contributed by atoms with van der Waals surface area (Å²) in [5.41, 5.74) is 0.0343. The van der Waals surface area contributed by atoms with Crippen molar-refractivity contribution in [3.63, 3.8) is 0 Å². The number of rotatable bonds is 2. The minimum Gasteiger partial charge on any atom is -0.478 e. The summed E-state index contributed by atoms with van der Waals surface area (Å²) in [5.74, 6) is -0.624. The minimum absolute atomic E-state index is 0.00215. The normalized spacial score (nSPS) is 16.4. The fourth-order valence-corrected chi connectivity index (χ4v) is 2.23. The number of amides is 1. The molecular formula is C12H14ClN3O3. The van der Waals surface area contributed by atoms with Crippen LogP contribution in [-0.4, -0.2) is 53.5 Å². The Morgan fingerprint density at radius 1 is 1.47 bits per heavy atom. The molecule has 19 heavy (non-hydrogen) atoms. The lowest BCUT2D eigenvalue weighted by molar-refractivity contribution is -0.127. The quantitative estimate of drug-likeness (QED) is 0.880. The summed E-state index contributed by atoms with van der Waals surface area (Å²) < 4.78 is 0. The molecule has 7 heteroatoms. The number of carbonyl (C=O) groups excluding carboxylic acids is 1. The second-order valence-corrected chi connectivity index (χ2v) is 4.83. The van der Waals surface area contributed by atoms with Crippen molar-refractivity contribution in [2.45, 2.75) is 6.42 Å². The van der Waals surface area contributed by atoms with Crippen LogP contribution in [0.1, 0.15) is 16.8 Å². The van der Waals surface area contributed by atoms with E-state index in [0.717, 1.165) is 6.42 Å². The minimum atomic E-state index is -1.08. The zero-order chi connectivity index (χ0) is 14.0. The lowest BCUT2D eigenvalue weighted by Crippen LogP contribution is -2.34. The van der Waals surface area contributed by atoms with Crippen molar-refractivity contribution < 1.29 is 14.7 Å². The van der Waals surface area contributed by atoms with Crippen LogP contribution in [0.15, 0.2) is 12.3 Å². The van der Waals surface area contributed by atoms with Crippen LogP contribution in [0.5, 0.6) is 0 Å². The molecule has 1 aromatic rings. The number of nitrogens with zero attached hydrogens (tertiary/aromatic N) is 3. The van der Waals surface area contributed by atoms with Gasteiger partial charge < -0.3 is 14.9 Å². The number of likely N-dealkylation sites (N-methyl/N-ethyl adjacent to an activating group) is 1. The lowest BCUT2D eigenvalue weighted by Gasteiger charge is -2.21. The number of aromatic carboxylic acids is 1. The summed E-state index contributed by atoms with van der Waals surface area (Å²) >= 11 is 6.05. The van der Waals surface area contributed by atoms with Crippen LogP contribution in [0.4, 0.5) is 5.82 Å². The van der Waals surface area contributed by atoms with Gasteiger partial charge in [-0.2, -0.15) is 0 Å². The van der Waals surface area contributed by atoms with E-state index in [9.17, 15) is 9.59 Å². The summed E-state index contributed by atoms with van der Waals surface area (Å²) in [7, 11) is 1.76. The second-order valence-electron chi connectivity index (χ2n) is 4.42. The van der Waals surface area contributed by atoms with E-state index in [1.54, 1.807) is 16.8 Å². The maximum Gasteiger partial charge on any atom is 0.337 e. The molecule has 0 spiro atoms. The molecule has 0 bridgehead atoms. The third-order valence-corrected chi connectivity index (χ3v) is 3.32. The van der Waals surface area contributed by atoms with Gasteiger partial charge in [0, 0.05) is 26.3 Å². The number of hydrogen-bond acceptors (Lipinski definition) is 4. The summed E-state index contributed by atoms with van der Waals surface area (Å²) in [6.07, 6.45) is 2.07. The number of carboxylic acid groups (broad SMARTS) is 1. The Morgan fingerprint density at radius 2 is 2.21 bits per heavy atom. The molecule has 1 aliphatic rings. The van der Waals surface area contributed by atoms with E-state index in [2.05, 4.69) is 4.98 Å². The Hall–Kier alpha value is -1.82. The van der Waals surface area contributed by atoms with Crippen LogP contribution in [0, 0.1) is 0 Å². The zero-order valence-electron chi connectivity index (χ0n) is 10.5. The molecule has 1 amide bonds.